The van der Waals surface area contributed by atoms with Crippen LogP contribution in [0.25, 0.3) is 5.82 Å². The van der Waals surface area contributed by atoms with Gasteiger partial charge < -0.3 is 15.4 Å². The van der Waals surface area contributed by atoms with Gasteiger partial charge in [-0.05, 0) is 23.8 Å². The van der Waals surface area contributed by atoms with Gasteiger partial charge in [-0.1, -0.05) is 12.1 Å². The topological polar surface area (TPSA) is 116 Å². The Bertz CT molecular complexity index is 936. The molecule has 0 saturated carbocycles. The first-order valence-electron chi connectivity index (χ1n) is 8.23. The van der Waals surface area contributed by atoms with Gasteiger partial charge >= 0.3 is 6.03 Å². The normalized spacial score (nSPS) is 10.4. The molecule has 10 heteroatoms. The Morgan fingerprint density at radius 3 is 2.67 bits per heavy atom. The van der Waals surface area contributed by atoms with E-state index in [0.717, 1.165) is 11.3 Å². The zero-order valence-corrected chi connectivity index (χ0v) is 14.7. The van der Waals surface area contributed by atoms with Crippen molar-refractivity contribution in [2.45, 2.75) is 13.1 Å². The van der Waals surface area contributed by atoms with Crippen LogP contribution in [-0.4, -0.2) is 44.2 Å². The molecule has 2 aromatic heterocycles. The van der Waals surface area contributed by atoms with Gasteiger partial charge in [-0.15, -0.1) is 5.10 Å². The van der Waals surface area contributed by atoms with Gasteiger partial charge in [-0.2, -0.15) is 5.10 Å². The van der Waals surface area contributed by atoms with E-state index in [1.165, 1.54) is 28.1 Å². The molecule has 3 rings (SSSR count). The lowest BCUT2D eigenvalue weighted by Crippen LogP contribution is -2.38. The number of amides is 2. The number of carbonyl (C=O) groups is 1. The van der Waals surface area contributed by atoms with Gasteiger partial charge in [-0.3, -0.25) is 4.79 Å². The SMILES string of the molecule is COc1ccc(CNC(=O)NCCn2nc(-n3cncn3)ccc2=O)cc1. The number of ether oxygens (including phenoxy) is 1. The first-order valence-corrected chi connectivity index (χ1v) is 8.23. The van der Waals surface area contributed by atoms with Crippen molar-refractivity contribution in [3.8, 4) is 11.6 Å². The summed E-state index contributed by atoms with van der Waals surface area (Å²) in [6.45, 7) is 0.870. The van der Waals surface area contributed by atoms with E-state index in [1.54, 1.807) is 13.2 Å². The molecule has 0 saturated heterocycles. The number of aromatic nitrogens is 5. The average Bonchev–Trinajstić information content (AvgIpc) is 3.23. The summed E-state index contributed by atoms with van der Waals surface area (Å²) in [5.74, 6) is 1.23. The lowest BCUT2D eigenvalue weighted by molar-refractivity contribution is 0.240. The number of hydrogen-bond donors (Lipinski definition) is 2. The summed E-state index contributed by atoms with van der Waals surface area (Å²) in [4.78, 5) is 27.6. The van der Waals surface area contributed by atoms with Gasteiger partial charge in [0.2, 0.25) is 0 Å². The number of nitrogens with zero attached hydrogens (tertiary/aromatic N) is 5. The number of carbonyl (C=O) groups excluding carboxylic acids is 1. The second-order valence-electron chi connectivity index (χ2n) is 5.55. The number of rotatable bonds is 7. The minimum Gasteiger partial charge on any atom is -0.497 e. The van der Waals surface area contributed by atoms with Crippen LogP contribution in [-0.2, 0) is 13.1 Å². The van der Waals surface area contributed by atoms with Crippen LogP contribution < -0.4 is 20.9 Å². The molecular weight excluding hydrogens is 350 g/mol. The Balaban J connectivity index is 1.48. The van der Waals surface area contributed by atoms with Gasteiger partial charge in [0.25, 0.3) is 5.56 Å². The first-order chi connectivity index (χ1) is 13.2. The number of methoxy groups -OCH3 is 1. The fourth-order valence-electron chi connectivity index (χ4n) is 2.31. The number of benzene rings is 1. The second-order valence-corrected chi connectivity index (χ2v) is 5.55. The van der Waals surface area contributed by atoms with Crippen LogP contribution in [0.1, 0.15) is 5.56 Å². The van der Waals surface area contributed by atoms with E-state index < -0.39 is 0 Å². The fraction of sp³-hybridized carbons (Fsp3) is 0.235. The highest BCUT2D eigenvalue weighted by Crippen LogP contribution is 2.10. The van der Waals surface area contributed by atoms with Gasteiger partial charge in [0.15, 0.2) is 5.82 Å². The van der Waals surface area contributed by atoms with Gasteiger partial charge in [0, 0.05) is 19.2 Å². The zero-order chi connectivity index (χ0) is 19.1. The van der Waals surface area contributed by atoms with Crippen molar-refractivity contribution in [3.05, 3.63) is 65.0 Å². The summed E-state index contributed by atoms with van der Waals surface area (Å²) in [6.07, 6.45) is 2.87. The molecule has 3 aromatic rings. The van der Waals surface area contributed by atoms with E-state index in [-0.39, 0.29) is 24.7 Å². The Kier molecular flexibility index (Phi) is 5.77. The van der Waals surface area contributed by atoms with E-state index >= 15 is 0 Å². The Morgan fingerprint density at radius 2 is 1.96 bits per heavy atom. The molecule has 0 bridgehead atoms. The van der Waals surface area contributed by atoms with Crippen molar-refractivity contribution in [3.63, 3.8) is 0 Å². The van der Waals surface area contributed by atoms with Crippen LogP contribution in [0.15, 0.2) is 53.8 Å². The van der Waals surface area contributed by atoms with Crippen LogP contribution >= 0.6 is 0 Å². The first kappa shape index (κ1) is 18.1. The molecule has 10 nitrogen and oxygen atoms in total. The summed E-state index contributed by atoms with van der Waals surface area (Å²) in [7, 11) is 1.60. The second kappa shape index (κ2) is 8.61. The molecular formula is C17H19N7O3. The third kappa shape index (κ3) is 4.91. The fourth-order valence-corrected chi connectivity index (χ4v) is 2.31. The number of nitrogens with one attached hydrogen (secondary N) is 2. The molecule has 0 atom stereocenters. The van der Waals surface area contributed by atoms with Crippen LogP contribution in [0.5, 0.6) is 5.75 Å². The highest BCUT2D eigenvalue weighted by Gasteiger charge is 2.05. The van der Waals surface area contributed by atoms with Crippen molar-refractivity contribution in [1.82, 2.24) is 35.2 Å². The van der Waals surface area contributed by atoms with Crippen LogP contribution in [0, 0.1) is 0 Å². The third-order valence-electron chi connectivity index (χ3n) is 3.73. The molecule has 2 amide bonds. The maximum Gasteiger partial charge on any atom is 0.315 e. The van der Waals surface area contributed by atoms with Crippen LogP contribution in [0.4, 0.5) is 4.79 Å². The minimum absolute atomic E-state index is 0.233. The van der Waals surface area contributed by atoms with E-state index in [0.29, 0.717) is 12.4 Å². The van der Waals surface area contributed by atoms with E-state index in [2.05, 4.69) is 25.8 Å². The monoisotopic (exact) mass is 369 g/mol. The molecule has 0 radical (unpaired) electrons. The van der Waals surface area contributed by atoms with Gasteiger partial charge in [-0.25, -0.2) is 19.1 Å². The predicted molar refractivity (Wildman–Crippen MR) is 96.6 cm³/mol. The summed E-state index contributed by atoms with van der Waals surface area (Å²) >= 11 is 0. The van der Waals surface area contributed by atoms with E-state index in [1.807, 2.05) is 24.3 Å². The third-order valence-corrected chi connectivity index (χ3v) is 3.73. The van der Waals surface area contributed by atoms with E-state index in [4.69, 9.17) is 4.74 Å². The molecule has 2 N–H and O–H groups in total. The molecule has 140 valence electrons. The van der Waals surface area contributed by atoms with Gasteiger partial charge in [0.1, 0.15) is 18.4 Å². The van der Waals surface area contributed by atoms with Crippen LogP contribution in [0.2, 0.25) is 0 Å². The smallest absolute Gasteiger partial charge is 0.315 e. The lowest BCUT2D eigenvalue weighted by Gasteiger charge is -2.09. The molecule has 0 fully saturated rings. The number of hydrogen-bond acceptors (Lipinski definition) is 6. The molecule has 0 aliphatic carbocycles. The summed E-state index contributed by atoms with van der Waals surface area (Å²) in [6, 6.07) is 10.0. The highest BCUT2D eigenvalue weighted by molar-refractivity contribution is 5.73. The van der Waals surface area contributed by atoms with Crippen molar-refractivity contribution in [2.24, 2.45) is 0 Å². The minimum atomic E-state index is -0.328. The Morgan fingerprint density at radius 1 is 1.15 bits per heavy atom. The van der Waals surface area contributed by atoms with Gasteiger partial charge in [0.05, 0.1) is 13.7 Å². The van der Waals surface area contributed by atoms with Crippen LogP contribution in [0.3, 0.4) is 0 Å². The Labute approximate surface area is 154 Å². The molecule has 27 heavy (non-hydrogen) atoms. The summed E-state index contributed by atoms with van der Waals surface area (Å²) in [5, 5.41) is 13.6. The molecule has 0 aliphatic heterocycles. The van der Waals surface area contributed by atoms with Crippen molar-refractivity contribution in [2.75, 3.05) is 13.7 Å². The van der Waals surface area contributed by atoms with Crippen molar-refractivity contribution >= 4 is 6.03 Å². The molecule has 0 aliphatic rings. The predicted octanol–water partition coefficient (Wildman–Crippen LogP) is 0.332. The summed E-state index contributed by atoms with van der Waals surface area (Å²) in [5.41, 5.74) is 0.684. The maximum atomic E-state index is 11.9. The van der Waals surface area contributed by atoms with Crippen molar-refractivity contribution in [1.29, 1.82) is 0 Å². The lowest BCUT2D eigenvalue weighted by atomic mass is 10.2. The standard InChI is InChI=1S/C17H19N7O3/c1-27-14-4-2-13(3-5-14)10-20-17(26)19-8-9-23-16(25)7-6-15(22-23)24-12-18-11-21-24/h2-7,11-12H,8-10H2,1H3,(H2,19,20,26). The maximum absolute atomic E-state index is 11.9. The van der Waals surface area contributed by atoms with E-state index in [9.17, 15) is 9.59 Å². The Hall–Kier alpha value is -3.69. The van der Waals surface area contributed by atoms with Crippen molar-refractivity contribution < 1.29 is 9.53 Å². The molecule has 2 heterocycles. The molecule has 1 aromatic carbocycles. The zero-order valence-electron chi connectivity index (χ0n) is 14.7. The largest absolute Gasteiger partial charge is 0.497 e. The average molecular weight is 369 g/mol. The number of urea groups is 1. The quantitative estimate of drug-likeness (QED) is 0.620. The molecule has 0 unspecified atom stereocenters. The summed E-state index contributed by atoms with van der Waals surface area (Å²) < 4.78 is 7.80. The molecule has 0 spiro atoms. The highest BCUT2D eigenvalue weighted by atomic mass is 16.5.